The molecule has 5 heteroatoms. The van der Waals surface area contributed by atoms with Crippen LogP contribution in [0.1, 0.15) is 13.8 Å². The van der Waals surface area contributed by atoms with E-state index < -0.39 is 11.8 Å². The second-order valence-electron chi connectivity index (χ2n) is 3.21. The molecule has 0 aromatic heterocycles. The van der Waals surface area contributed by atoms with E-state index in [0.29, 0.717) is 5.69 Å². The fraction of sp³-hybridized carbons (Fsp3) is 0.250. The van der Waals surface area contributed by atoms with Crippen molar-refractivity contribution in [1.29, 1.82) is 0 Å². The third kappa shape index (κ3) is 4.06. The summed E-state index contributed by atoms with van der Waals surface area (Å²) in [5.41, 5.74) is 3.08. The number of rotatable bonds is 5. The number of nitrogens with zero attached hydrogens (tertiary/aromatic N) is 1. The lowest BCUT2D eigenvalue weighted by atomic mass is 10.3. The summed E-state index contributed by atoms with van der Waals surface area (Å²) in [6, 6.07) is 9.02. The van der Waals surface area contributed by atoms with E-state index in [4.69, 9.17) is 4.74 Å². The molecule has 0 aliphatic rings. The Hall–Kier alpha value is -2.17. The summed E-state index contributed by atoms with van der Waals surface area (Å²) in [6.45, 7) is 3.14. The molecular weight excluding hydrogens is 220 g/mol. The highest BCUT2D eigenvalue weighted by Crippen LogP contribution is 2.04. The first-order valence-corrected chi connectivity index (χ1v) is 5.22. The van der Waals surface area contributed by atoms with Crippen LogP contribution in [0.4, 0.5) is 5.69 Å². The maximum Gasteiger partial charge on any atom is 0.362 e. The van der Waals surface area contributed by atoms with Crippen molar-refractivity contribution in [2.45, 2.75) is 13.8 Å². The largest absolute Gasteiger partial charge is 0.461 e. The number of carbonyl (C=O) groups is 2. The first kappa shape index (κ1) is 12.9. The normalized spacial score (nSPS) is 10.8. The number of anilines is 1. The van der Waals surface area contributed by atoms with Crippen LogP contribution in [0, 0.1) is 0 Å². The zero-order valence-electron chi connectivity index (χ0n) is 9.77. The first-order valence-electron chi connectivity index (χ1n) is 5.22. The molecule has 0 saturated heterocycles. The van der Waals surface area contributed by atoms with Gasteiger partial charge in [0.05, 0.1) is 12.3 Å². The van der Waals surface area contributed by atoms with Crippen molar-refractivity contribution < 1.29 is 14.3 Å². The Kier molecular flexibility index (Phi) is 4.87. The summed E-state index contributed by atoms with van der Waals surface area (Å²) in [7, 11) is 0. The summed E-state index contributed by atoms with van der Waals surface area (Å²) in [6.07, 6.45) is 0. The molecule has 0 aliphatic heterocycles. The van der Waals surface area contributed by atoms with Gasteiger partial charge in [-0.25, -0.2) is 4.79 Å². The number of ether oxygens (including phenoxy) is 1. The number of esters is 1. The number of para-hydroxylation sites is 1. The summed E-state index contributed by atoms with van der Waals surface area (Å²) in [5.74, 6) is -1.16. The van der Waals surface area contributed by atoms with Gasteiger partial charge in [0.15, 0.2) is 5.78 Å². The quantitative estimate of drug-likeness (QED) is 0.364. The van der Waals surface area contributed by atoms with Crippen molar-refractivity contribution in [3.8, 4) is 0 Å². The monoisotopic (exact) mass is 234 g/mol. The van der Waals surface area contributed by atoms with Gasteiger partial charge < -0.3 is 4.74 Å². The standard InChI is InChI=1S/C12H14N2O3/c1-3-17-12(16)11(9(2)15)14-13-10-7-5-4-6-8-10/h4-8,13H,3H2,1-2H3/b14-11-. The van der Waals surface area contributed by atoms with E-state index in [-0.39, 0.29) is 12.3 Å². The smallest absolute Gasteiger partial charge is 0.362 e. The van der Waals surface area contributed by atoms with Gasteiger partial charge in [0, 0.05) is 6.92 Å². The van der Waals surface area contributed by atoms with Crippen molar-refractivity contribution in [3.05, 3.63) is 30.3 Å². The lowest BCUT2D eigenvalue weighted by Crippen LogP contribution is -2.25. The first-order chi connectivity index (χ1) is 8.15. The molecule has 0 bridgehead atoms. The number of nitrogens with one attached hydrogen (secondary N) is 1. The minimum absolute atomic E-state index is 0.205. The van der Waals surface area contributed by atoms with Crippen LogP contribution in [0.2, 0.25) is 0 Å². The number of hydrogen-bond acceptors (Lipinski definition) is 5. The number of hydrazone groups is 1. The number of hydrogen-bond donors (Lipinski definition) is 1. The van der Waals surface area contributed by atoms with Crippen LogP contribution in [0.3, 0.4) is 0 Å². The Morgan fingerprint density at radius 2 is 1.94 bits per heavy atom. The molecule has 0 unspecified atom stereocenters. The van der Waals surface area contributed by atoms with Gasteiger partial charge in [0.1, 0.15) is 0 Å². The summed E-state index contributed by atoms with van der Waals surface area (Å²) >= 11 is 0. The molecule has 1 aromatic carbocycles. The molecule has 17 heavy (non-hydrogen) atoms. The van der Waals surface area contributed by atoms with Crippen LogP contribution < -0.4 is 5.43 Å². The molecule has 0 aliphatic carbocycles. The Morgan fingerprint density at radius 1 is 1.29 bits per heavy atom. The van der Waals surface area contributed by atoms with Crippen LogP contribution in [-0.2, 0) is 14.3 Å². The Balaban J connectivity index is 2.78. The Bertz CT molecular complexity index is 427. The number of Topliss-reactive ketones (excluding diaryl/α,β-unsaturated/α-hetero) is 1. The van der Waals surface area contributed by atoms with Gasteiger partial charge in [-0.1, -0.05) is 18.2 Å². The lowest BCUT2D eigenvalue weighted by Gasteiger charge is -2.04. The zero-order valence-corrected chi connectivity index (χ0v) is 9.77. The van der Waals surface area contributed by atoms with Crippen molar-refractivity contribution in [2.24, 2.45) is 5.10 Å². The number of benzene rings is 1. The van der Waals surface area contributed by atoms with E-state index in [9.17, 15) is 9.59 Å². The molecule has 1 rings (SSSR count). The van der Waals surface area contributed by atoms with Gasteiger partial charge in [-0.2, -0.15) is 5.10 Å². The zero-order chi connectivity index (χ0) is 12.7. The van der Waals surface area contributed by atoms with Crippen LogP contribution in [0.15, 0.2) is 35.4 Å². The SMILES string of the molecule is CCOC(=O)/C(=N\Nc1ccccc1)C(C)=O. The third-order valence-electron chi connectivity index (χ3n) is 1.87. The molecule has 1 N–H and O–H groups in total. The fourth-order valence-electron chi connectivity index (χ4n) is 1.10. The second kappa shape index (κ2) is 6.42. The molecule has 0 spiro atoms. The molecule has 5 nitrogen and oxygen atoms in total. The van der Waals surface area contributed by atoms with Crippen molar-refractivity contribution >= 4 is 23.2 Å². The molecule has 0 fully saturated rings. The van der Waals surface area contributed by atoms with Gasteiger partial charge in [0.2, 0.25) is 5.71 Å². The van der Waals surface area contributed by atoms with Gasteiger partial charge in [-0.3, -0.25) is 10.2 Å². The highest BCUT2D eigenvalue weighted by atomic mass is 16.5. The highest BCUT2D eigenvalue weighted by molar-refractivity contribution is 6.64. The van der Waals surface area contributed by atoms with Crippen LogP contribution in [0.5, 0.6) is 0 Å². The highest BCUT2D eigenvalue weighted by Gasteiger charge is 2.17. The second-order valence-corrected chi connectivity index (χ2v) is 3.21. The van der Waals surface area contributed by atoms with Crippen molar-refractivity contribution in [2.75, 3.05) is 12.0 Å². The predicted octanol–water partition coefficient (Wildman–Crippen LogP) is 1.61. The predicted molar refractivity (Wildman–Crippen MR) is 64.8 cm³/mol. The van der Waals surface area contributed by atoms with Gasteiger partial charge in [0.25, 0.3) is 0 Å². The molecule has 0 atom stereocenters. The number of ketones is 1. The summed E-state index contributed by atoms with van der Waals surface area (Å²) in [4.78, 5) is 22.6. The number of carbonyl (C=O) groups excluding carboxylic acids is 2. The molecule has 0 amide bonds. The molecule has 0 radical (unpaired) electrons. The average Bonchev–Trinajstić information content (AvgIpc) is 2.30. The average molecular weight is 234 g/mol. The van der Waals surface area contributed by atoms with E-state index in [1.54, 1.807) is 19.1 Å². The molecule has 0 heterocycles. The third-order valence-corrected chi connectivity index (χ3v) is 1.87. The van der Waals surface area contributed by atoms with Crippen molar-refractivity contribution in [3.63, 3.8) is 0 Å². The van der Waals surface area contributed by atoms with Crippen LogP contribution in [-0.4, -0.2) is 24.1 Å². The van der Waals surface area contributed by atoms with Crippen LogP contribution >= 0.6 is 0 Å². The summed E-state index contributed by atoms with van der Waals surface area (Å²) < 4.78 is 4.72. The maximum absolute atomic E-state index is 11.4. The molecular formula is C12H14N2O3. The van der Waals surface area contributed by atoms with E-state index in [1.807, 2.05) is 18.2 Å². The lowest BCUT2D eigenvalue weighted by molar-refractivity contribution is -0.135. The minimum Gasteiger partial charge on any atom is -0.461 e. The molecule has 0 saturated carbocycles. The van der Waals surface area contributed by atoms with E-state index in [0.717, 1.165) is 0 Å². The van der Waals surface area contributed by atoms with Gasteiger partial charge in [-0.05, 0) is 19.1 Å². The molecule has 1 aromatic rings. The van der Waals surface area contributed by atoms with E-state index in [1.165, 1.54) is 6.92 Å². The fourth-order valence-corrected chi connectivity index (χ4v) is 1.10. The van der Waals surface area contributed by atoms with Crippen molar-refractivity contribution in [1.82, 2.24) is 0 Å². The van der Waals surface area contributed by atoms with Crippen LogP contribution in [0.25, 0.3) is 0 Å². The van der Waals surface area contributed by atoms with E-state index >= 15 is 0 Å². The van der Waals surface area contributed by atoms with Gasteiger partial charge >= 0.3 is 5.97 Å². The summed E-state index contributed by atoms with van der Waals surface area (Å²) in [5, 5.41) is 3.75. The Morgan fingerprint density at radius 3 is 2.47 bits per heavy atom. The maximum atomic E-state index is 11.4. The topological polar surface area (TPSA) is 67.8 Å². The Labute approximate surface area is 99.5 Å². The van der Waals surface area contributed by atoms with E-state index in [2.05, 4.69) is 10.5 Å². The minimum atomic E-state index is -0.719. The molecule has 90 valence electrons. The van der Waals surface area contributed by atoms with Gasteiger partial charge in [-0.15, -0.1) is 0 Å².